The summed E-state index contributed by atoms with van der Waals surface area (Å²) in [6.07, 6.45) is 11.8. The van der Waals surface area contributed by atoms with Crippen molar-refractivity contribution in [3.8, 4) is 0 Å². The third kappa shape index (κ3) is 5.07. The molecule has 0 radical (unpaired) electrons. The second kappa shape index (κ2) is 8.65. The van der Waals surface area contributed by atoms with Crippen molar-refractivity contribution in [1.82, 2.24) is 4.98 Å². The van der Waals surface area contributed by atoms with E-state index in [1.165, 1.54) is 0 Å². The first-order chi connectivity index (χ1) is 9.69. The molecule has 0 aliphatic heterocycles. The molecule has 0 spiro atoms. The zero-order valence-corrected chi connectivity index (χ0v) is 12.2. The minimum atomic E-state index is 0.858. The molecule has 102 valence electrons. The second-order valence-electron chi connectivity index (χ2n) is 4.26. The molecular weight excluding hydrogens is 242 g/mol. The molecule has 1 aromatic heterocycles. The molecule has 1 heteroatoms. The highest BCUT2D eigenvalue weighted by atomic mass is 14.7. The Morgan fingerprint density at radius 3 is 2.50 bits per heavy atom. The van der Waals surface area contributed by atoms with Crippen LogP contribution < -0.4 is 10.4 Å². The molecule has 1 nitrogen and oxygen atoms in total. The quantitative estimate of drug-likeness (QED) is 0.760. The van der Waals surface area contributed by atoms with Crippen LogP contribution in [-0.2, 0) is 0 Å². The normalized spacial score (nSPS) is 11.8. The summed E-state index contributed by atoms with van der Waals surface area (Å²) in [6.45, 7) is 12.0. The van der Waals surface area contributed by atoms with Crippen molar-refractivity contribution in [2.24, 2.45) is 0 Å². The Morgan fingerprint density at radius 1 is 1.05 bits per heavy atom. The third-order valence-corrected chi connectivity index (χ3v) is 2.60. The van der Waals surface area contributed by atoms with Crippen LogP contribution in [0.3, 0.4) is 0 Å². The van der Waals surface area contributed by atoms with Crippen LogP contribution in [0, 0.1) is 0 Å². The molecule has 0 bridgehead atoms. The fourth-order valence-corrected chi connectivity index (χ4v) is 1.63. The van der Waals surface area contributed by atoms with E-state index in [4.69, 9.17) is 0 Å². The van der Waals surface area contributed by atoms with Crippen molar-refractivity contribution in [3.05, 3.63) is 83.0 Å². The summed E-state index contributed by atoms with van der Waals surface area (Å²) in [5.41, 5.74) is 1.89. The predicted octanol–water partition coefficient (Wildman–Crippen LogP) is 3.56. The van der Waals surface area contributed by atoms with Crippen molar-refractivity contribution >= 4 is 18.7 Å². The standard InChI is InChI=1S/C19H21N/c1-5-7-13-18(10-6-2)19-17(4)12-9-8-11-16(3)14-15-20-19/h5-15H,3-4H2,1-2H3/b7-5-,10-6-,11-8?,12-9?,15-14?,18-13+,20-19?. The molecule has 20 heavy (non-hydrogen) atoms. The van der Waals surface area contributed by atoms with E-state index in [2.05, 4.69) is 18.1 Å². The monoisotopic (exact) mass is 263 g/mol. The molecule has 0 aromatic carbocycles. The van der Waals surface area contributed by atoms with E-state index in [1.807, 2.05) is 74.6 Å². The second-order valence-corrected chi connectivity index (χ2v) is 4.26. The van der Waals surface area contributed by atoms with Crippen molar-refractivity contribution in [3.63, 3.8) is 0 Å². The first-order valence-corrected chi connectivity index (χ1v) is 6.62. The highest BCUT2D eigenvalue weighted by Gasteiger charge is 1.97. The van der Waals surface area contributed by atoms with E-state index in [-0.39, 0.29) is 0 Å². The van der Waals surface area contributed by atoms with Crippen LogP contribution in [0.1, 0.15) is 19.5 Å². The van der Waals surface area contributed by atoms with Crippen molar-refractivity contribution in [2.45, 2.75) is 13.8 Å². The molecule has 0 saturated carbocycles. The summed E-state index contributed by atoms with van der Waals surface area (Å²) in [5, 5.41) is 1.79. The van der Waals surface area contributed by atoms with E-state index >= 15 is 0 Å². The highest BCUT2D eigenvalue weighted by Crippen LogP contribution is 2.08. The minimum absolute atomic E-state index is 0.858. The molecule has 0 unspecified atom stereocenters. The molecule has 0 amide bonds. The Bertz CT molecular complexity index is 677. The number of hydrogen-bond donors (Lipinski definition) is 0. The van der Waals surface area contributed by atoms with Crippen LogP contribution in [0.15, 0.2) is 66.9 Å². The SMILES string of the molecule is C=c1ccccc(=C)c(C(/C=C\C)=C/C=C\C)ncc1. The summed E-state index contributed by atoms with van der Waals surface area (Å²) in [7, 11) is 0. The lowest BCUT2D eigenvalue weighted by Crippen LogP contribution is -2.05. The topological polar surface area (TPSA) is 12.9 Å². The lowest BCUT2D eigenvalue weighted by atomic mass is 10.1. The van der Waals surface area contributed by atoms with Crippen molar-refractivity contribution in [1.29, 1.82) is 0 Å². The van der Waals surface area contributed by atoms with Crippen molar-refractivity contribution < 1.29 is 0 Å². The maximum Gasteiger partial charge on any atom is 0.0768 e. The van der Waals surface area contributed by atoms with Gasteiger partial charge in [0.1, 0.15) is 0 Å². The summed E-state index contributed by atoms with van der Waals surface area (Å²) < 4.78 is 0. The zero-order valence-electron chi connectivity index (χ0n) is 12.2. The van der Waals surface area contributed by atoms with E-state index in [0.29, 0.717) is 0 Å². The maximum absolute atomic E-state index is 4.53. The Kier molecular flexibility index (Phi) is 6.77. The molecule has 1 rings (SSSR count). The fraction of sp³-hybridized carbons (Fsp3) is 0.105. The Morgan fingerprint density at radius 2 is 1.80 bits per heavy atom. The summed E-state index contributed by atoms with van der Waals surface area (Å²) in [4.78, 5) is 4.53. The largest absolute Gasteiger partial charge is 0.256 e. The molecule has 0 atom stereocenters. The molecule has 0 aliphatic rings. The molecule has 0 aliphatic carbocycles. The number of nitrogens with zero attached hydrogens (tertiary/aromatic N) is 1. The molecule has 0 N–H and O–H groups in total. The van der Waals surface area contributed by atoms with Crippen LogP contribution in [0.4, 0.5) is 0 Å². The Balaban J connectivity index is 3.60. The van der Waals surface area contributed by atoms with Gasteiger partial charge in [-0.3, -0.25) is 4.98 Å². The van der Waals surface area contributed by atoms with Gasteiger partial charge in [-0.15, -0.1) is 0 Å². The predicted molar refractivity (Wildman–Crippen MR) is 89.8 cm³/mol. The lowest BCUT2D eigenvalue weighted by molar-refractivity contribution is 1.27. The van der Waals surface area contributed by atoms with Crippen LogP contribution in [-0.4, -0.2) is 4.98 Å². The number of aromatic nitrogens is 1. The number of hydrogen-bond acceptors (Lipinski definition) is 1. The molecular formula is C19H21N. The van der Waals surface area contributed by atoms with Crippen LogP contribution in [0.2, 0.25) is 0 Å². The van der Waals surface area contributed by atoms with Gasteiger partial charge < -0.3 is 0 Å². The smallest absolute Gasteiger partial charge is 0.0768 e. The van der Waals surface area contributed by atoms with Crippen LogP contribution >= 0.6 is 0 Å². The van der Waals surface area contributed by atoms with Crippen LogP contribution in [0.5, 0.6) is 0 Å². The minimum Gasteiger partial charge on any atom is -0.256 e. The van der Waals surface area contributed by atoms with Gasteiger partial charge in [0.05, 0.1) is 5.69 Å². The van der Waals surface area contributed by atoms with Crippen molar-refractivity contribution in [2.75, 3.05) is 0 Å². The van der Waals surface area contributed by atoms with Gasteiger partial charge in [-0.25, -0.2) is 0 Å². The Labute approximate surface area is 121 Å². The van der Waals surface area contributed by atoms with E-state index in [0.717, 1.165) is 21.7 Å². The summed E-state index contributed by atoms with van der Waals surface area (Å²) in [6, 6.07) is 9.67. The van der Waals surface area contributed by atoms with Gasteiger partial charge in [0, 0.05) is 11.8 Å². The molecule has 1 aromatic rings. The first kappa shape index (κ1) is 15.6. The van der Waals surface area contributed by atoms with Gasteiger partial charge in [0.15, 0.2) is 0 Å². The van der Waals surface area contributed by atoms with E-state index in [1.54, 1.807) is 6.20 Å². The van der Waals surface area contributed by atoms with Gasteiger partial charge in [-0.1, -0.05) is 67.8 Å². The van der Waals surface area contributed by atoms with Gasteiger partial charge in [0.25, 0.3) is 0 Å². The molecule has 0 saturated heterocycles. The summed E-state index contributed by atoms with van der Waals surface area (Å²) in [5.74, 6) is 0. The first-order valence-electron chi connectivity index (χ1n) is 6.62. The lowest BCUT2D eigenvalue weighted by Gasteiger charge is -1.99. The van der Waals surface area contributed by atoms with Gasteiger partial charge in [-0.2, -0.15) is 0 Å². The average Bonchev–Trinajstić information content (AvgIpc) is 2.44. The third-order valence-electron chi connectivity index (χ3n) is 2.60. The molecule has 0 fully saturated rings. The maximum atomic E-state index is 4.53. The number of rotatable bonds is 3. The van der Waals surface area contributed by atoms with Crippen LogP contribution in [0.25, 0.3) is 18.7 Å². The van der Waals surface area contributed by atoms with Gasteiger partial charge >= 0.3 is 0 Å². The van der Waals surface area contributed by atoms with E-state index < -0.39 is 0 Å². The highest BCUT2D eigenvalue weighted by molar-refractivity contribution is 5.72. The van der Waals surface area contributed by atoms with Gasteiger partial charge in [0.2, 0.25) is 0 Å². The van der Waals surface area contributed by atoms with E-state index in [9.17, 15) is 0 Å². The average molecular weight is 263 g/mol. The van der Waals surface area contributed by atoms with Gasteiger partial charge in [-0.05, 0) is 30.4 Å². The number of allylic oxidation sites excluding steroid dienone is 6. The summed E-state index contributed by atoms with van der Waals surface area (Å²) >= 11 is 0. The zero-order chi connectivity index (χ0) is 14.8. The fourth-order valence-electron chi connectivity index (χ4n) is 1.63. The molecule has 1 heterocycles. The Hall–Kier alpha value is -2.41.